The maximum absolute atomic E-state index is 12.4. The minimum Gasteiger partial charge on any atom is -0.382 e. The van der Waals surface area contributed by atoms with Crippen molar-refractivity contribution in [3.8, 4) is 0 Å². The van der Waals surface area contributed by atoms with Gasteiger partial charge in [0.1, 0.15) is 9.90 Å². The molecule has 3 rings (SSSR count). The number of carbonyl (C=O) groups is 1. The van der Waals surface area contributed by atoms with E-state index < -0.39 is 9.84 Å². The molecule has 0 spiro atoms. The zero-order valence-corrected chi connectivity index (χ0v) is 11.8. The van der Waals surface area contributed by atoms with Crippen LogP contribution in [0.3, 0.4) is 0 Å². The van der Waals surface area contributed by atoms with Gasteiger partial charge in [0.25, 0.3) is 0 Å². The molecule has 104 valence electrons. The van der Waals surface area contributed by atoms with E-state index in [1.807, 2.05) is 0 Å². The average molecular weight is 302 g/mol. The van der Waals surface area contributed by atoms with Crippen molar-refractivity contribution >= 4 is 38.1 Å². The zero-order valence-electron chi connectivity index (χ0n) is 10.1. The van der Waals surface area contributed by atoms with E-state index in [0.29, 0.717) is 30.9 Å². The Hall–Kier alpha value is -1.35. The van der Waals surface area contributed by atoms with Crippen LogP contribution in [0.1, 0.15) is 12.8 Å². The van der Waals surface area contributed by atoms with Gasteiger partial charge in [0, 0.05) is 13.1 Å². The summed E-state index contributed by atoms with van der Waals surface area (Å²) in [6, 6.07) is 0. The van der Waals surface area contributed by atoms with E-state index in [-0.39, 0.29) is 28.4 Å². The van der Waals surface area contributed by atoms with E-state index in [4.69, 9.17) is 5.73 Å². The van der Waals surface area contributed by atoms with Crippen molar-refractivity contribution in [1.29, 1.82) is 0 Å². The van der Waals surface area contributed by atoms with E-state index in [2.05, 4.69) is 9.69 Å². The Bertz CT molecular complexity index is 621. The second-order valence-corrected chi connectivity index (χ2v) is 7.63. The Morgan fingerprint density at radius 2 is 2.16 bits per heavy atom. The summed E-state index contributed by atoms with van der Waals surface area (Å²) in [6.07, 6.45) is 1.36. The number of rotatable bonds is 3. The van der Waals surface area contributed by atoms with Crippen LogP contribution in [0.5, 0.6) is 0 Å². The predicted octanol–water partition coefficient (Wildman–Crippen LogP) is -0.402. The molecule has 1 aromatic heterocycles. The number of amides is 1. The second kappa shape index (κ2) is 4.34. The molecule has 0 aromatic carbocycles. The Morgan fingerprint density at radius 1 is 1.42 bits per heavy atom. The Kier molecular flexibility index (Phi) is 2.90. The highest BCUT2D eigenvalue weighted by Gasteiger charge is 2.41. The lowest BCUT2D eigenvalue weighted by atomic mass is 10.3. The van der Waals surface area contributed by atoms with E-state index in [9.17, 15) is 13.2 Å². The molecule has 1 saturated carbocycles. The molecule has 2 fully saturated rings. The summed E-state index contributed by atoms with van der Waals surface area (Å²) < 4.78 is 28.7. The van der Waals surface area contributed by atoms with Crippen molar-refractivity contribution in [2.45, 2.75) is 23.0 Å². The predicted molar refractivity (Wildman–Crippen MR) is 72.0 cm³/mol. The number of sulfone groups is 1. The highest BCUT2D eigenvalue weighted by molar-refractivity contribution is 7.92. The number of anilines is 2. The number of aromatic nitrogens is 1. The summed E-state index contributed by atoms with van der Waals surface area (Å²) in [5.41, 5.74) is 5.73. The Balaban J connectivity index is 2.01. The molecule has 2 aliphatic rings. The van der Waals surface area contributed by atoms with E-state index >= 15 is 0 Å². The van der Waals surface area contributed by atoms with Gasteiger partial charge >= 0.3 is 0 Å². The molecule has 3 N–H and O–H groups in total. The lowest BCUT2D eigenvalue weighted by Crippen LogP contribution is -2.47. The maximum Gasteiger partial charge on any atom is 0.239 e. The Morgan fingerprint density at radius 3 is 2.79 bits per heavy atom. The molecule has 9 heteroatoms. The third kappa shape index (κ3) is 2.16. The van der Waals surface area contributed by atoms with Gasteiger partial charge in [0.2, 0.25) is 5.91 Å². The number of nitrogens with two attached hydrogens (primary N) is 1. The zero-order chi connectivity index (χ0) is 13.6. The summed E-state index contributed by atoms with van der Waals surface area (Å²) in [6.45, 7) is 1.22. The van der Waals surface area contributed by atoms with Crippen molar-refractivity contribution in [3.05, 3.63) is 0 Å². The number of carbonyl (C=O) groups excluding carboxylic acids is 1. The topological polar surface area (TPSA) is 105 Å². The lowest BCUT2D eigenvalue weighted by Gasteiger charge is -2.27. The van der Waals surface area contributed by atoms with Crippen LogP contribution >= 0.6 is 11.5 Å². The molecular formula is C10H14N4O3S2. The third-order valence-electron chi connectivity index (χ3n) is 3.23. The van der Waals surface area contributed by atoms with Crippen molar-refractivity contribution in [2.24, 2.45) is 0 Å². The van der Waals surface area contributed by atoms with Gasteiger partial charge in [0.05, 0.1) is 11.8 Å². The van der Waals surface area contributed by atoms with Crippen molar-refractivity contribution < 1.29 is 13.2 Å². The van der Waals surface area contributed by atoms with Crippen LogP contribution < -0.4 is 16.0 Å². The van der Waals surface area contributed by atoms with Gasteiger partial charge in [0.15, 0.2) is 15.7 Å². The molecule has 2 heterocycles. The summed E-state index contributed by atoms with van der Waals surface area (Å²) in [4.78, 5) is 13.3. The molecule has 7 nitrogen and oxygen atoms in total. The second-order valence-electron chi connectivity index (χ2n) is 4.72. The minimum atomic E-state index is -3.40. The maximum atomic E-state index is 12.4. The fourth-order valence-electron chi connectivity index (χ4n) is 2.11. The van der Waals surface area contributed by atoms with Gasteiger partial charge in [-0.1, -0.05) is 0 Å². The SMILES string of the molecule is Nc1nsc(N2CCNC(=O)C2)c1S(=O)(=O)C1CC1. The van der Waals surface area contributed by atoms with Crippen molar-refractivity contribution in [3.63, 3.8) is 0 Å². The highest BCUT2D eigenvalue weighted by atomic mass is 32.2. The standard InChI is InChI=1S/C10H14N4O3S2/c11-9-8(19(16,17)6-1-2-6)10(18-13-9)14-4-3-12-7(15)5-14/h6H,1-5H2,(H2,11,13)(H,12,15). The molecular weight excluding hydrogens is 288 g/mol. The molecule has 1 saturated heterocycles. The Labute approximate surface area is 114 Å². The number of nitrogen functional groups attached to an aromatic ring is 1. The van der Waals surface area contributed by atoms with E-state index in [1.165, 1.54) is 0 Å². The highest BCUT2D eigenvalue weighted by Crippen LogP contribution is 2.42. The number of hydrogen-bond acceptors (Lipinski definition) is 7. The van der Waals surface area contributed by atoms with Gasteiger partial charge in [-0.05, 0) is 24.4 Å². The molecule has 1 aliphatic carbocycles. The monoisotopic (exact) mass is 302 g/mol. The summed E-state index contributed by atoms with van der Waals surface area (Å²) >= 11 is 1.05. The van der Waals surface area contributed by atoms with Crippen LogP contribution in [0.2, 0.25) is 0 Å². The van der Waals surface area contributed by atoms with Crippen molar-refractivity contribution in [1.82, 2.24) is 9.69 Å². The van der Waals surface area contributed by atoms with Crippen LogP contribution in [0.15, 0.2) is 4.90 Å². The van der Waals surface area contributed by atoms with Crippen LogP contribution in [0, 0.1) is 0 Å². The van der Waals surface area contributed by atoms with Crippen LogP contribution in [0.4, 0.5) is 10.8 Å². The normalized spacial score (nSPS) is 20.4. The molecule has 0 bridgehead atoms. The number of nitrogens with one attached hydrogen (secondary N) is 1. The van der Waals surface area contributed by atoms with E-state index in [1.54, 1.807) is 4.90 Å². The fourth-order valence-corrected chi connectivity index (χ4v) is 5.16. The first-order valence-corrected chi connectivity index (χ1v) is 8.33. The minimum absolute atomic E-state index is 0.0536. The molecule has 19 heavy (non-hydrogen) atoms. The van der Waals surface area contributed by atoms with Crippen molar-refractivity contribution in [2.75, 3.05) is 30.3 Å². The first-order chi connectivity index (χ1) is 9.00. The molecule has 1 aromatic rings. The van der Waals surface area contributed by atoms with Crippen LogP contribution in [0.25, 0.3) is 0 Å². The molecule has 0 unspecified atom stereocenters. The van der Waals surface area contributed by atoms with Gasteiger partial charge in [-0.3, -0.25) is 4.79 Å². The first-order valence-electron chi connectivity index (χ1n) is 6.01. The molecule has 0 radical (unpaired) electrons. The van der Waals surface area contributed by atoms with Gasteiger partial charge < -0.3 is 16.0 Å². The van der Waals surface area contributed by atoms with Crippen LogP contribution in [-0.2, 0) is 14.6 Å². The summed E-state index contributed by atoms with van der Waals surface area (Å²) in [5.74, 6) is -0.0640. The van der Waals surface area contributed by atoms with Gasteiger partial charge in [-0.15, -0.1) is 0 Å². The fraction of sp³-hybridized carbons (Fsp3) is 0.600. The quantitative estimate of drug-likeness (QED) is 0.787. The lowest BCUT2D eigenvalue weighted by molar-refractivity contribution is -0.120. The molecule has 0 atom stereocenters. The number of hydrogen-bond donors (Lipinski definition) is 2. The third-order valence-corrected chi connectivity index (χ3v) is 6.60. The van der Waals surface area contributed by atoms with Gasteiger partial charge in [-0.25, -0.2) is 8.42 Å². The van der Waals surface area contributed by atoms with Gasteiger partial charge in [-0.2, -0.15) is 4.37 Å². The average Bonchev–Trinajstić information content (AvgIpc) is 3.13. The summed E-state index contributed by atoms with van der Waals surface area (Å²) in [7, 11) is -3.40. The van der Waals surface area contributed by atoms with Crippen LogP contribution in [-0.4, -0.2) is 43.6 Å². The number of nitrogens with zero attached hydrogens (tertiary/aromatic N) is 2. The summed E-state index contributed by atoms with van der Waals surface area (Å²) in [5, 5.41) is 2.87. The van der Waals surface area contributed by atoms with E-state index in [0.717, 1.165) is 11.5 Å². The molecule has 1 amide bonds. The first kappa shape index (κ1) is 12.7. The smallest absolute Gasteiger partial charge is 0.239 e. The number of piperazine rings is 1. The molecule has 1 aliphatic heterocycles. The largest absolute Gasteiger partial charge is 0.382 e.